The van der Waals surface area contributed by atoms with Crippen LogP contribution in [0.5, 0.6) is 0 Å². The Kier molecular flexibility index (Phi) is 5.96. The third kappa shape index (κ3) is 4.70. The highest BCUT2D eigenvalue weighted by Gasteiger charge is 2.09. The number of hydrogen-bond acceptors (Lipinski definition) is 4. The zero-order valence-corrected chi connectivity index (χ0v) is 13.1. The molecule has 1 aromatic carbocycles. The Bertz CT molecular complexity index is 732. The molecule has 7 heteroatoms. The number of benzene rings is 1. The minimum Gasteiger partial charge on any atom is -0.408 e. The molecule has 0 aliphatic rings. The molecule has 0 unspecified atom stereocenters. The smallest absolute Gasteiger partial charge is 0.408 e. The fraction of sp³-hybridized carbons (Fsp3) is 0.438. The summed E-state index contributed by atoms with van der Waals surface area (Å²) in [6, 6.07) is 7.16. The Morgan fingerprint density at radius 2 is 1.96 bits per heavy atom. The van der Waals surface area contributed by atoms with Crippen molar-refractivity contribution in [3.05, 3.63) is 34.8 Å². The predicted molar refractivity (Wildman–Crippen MR) is 86.0 cm³/mol. The predicted octanol–water partition coefficient (Wildman–Crippen LogP) is 1.02. The zero-order chi connectivity index (χ0) is 16.7. The molecule has 0 fully saturated rings. The largest absolute Gasteiger partial charge is 0.419 e. The van der Waals surface area contributed by atoms with Crippen LogP contribution in [0.15, 0.2) is 33.5 Å². The molecular formula is C16H21N3O4. The van der Waals surface area contributed by atoms with Gasteiger partial charge in [-0.3, -0.25) is 14.2 Å². The Morgan fingerprint density at radius 1 is 1.17 bits per heavy atom. The topological polar surface area (TPSA) is 93.3 Å². The van der Waals surface area contributed by atoms with Gasteiger partial charge in [-0.2, -0.15) is 0 Å². The van der Waals surface area contributed by atoms with Crippen LogP contribution in [0, 0.1) is 0 Å². The summed E-state index contributed by atoms with van der Waals surface area (Å²) in [5, 5.41) is 5.24. The SMILES string of the molecule is CCCNC(=O)CNC(=O)CCCn1c(=O)oc2ccccc21. The number of fused-ring (bicyclic) bond motifs is 1. The molecule has 1 heterocycles. The van der Waals surface area contributed by atoms with Gasteiger partial charge in [-0.25, -0.2) is 4.79 Å². The molecule has 0 atom stereocenters. The maximum atomic E-state index is 11.8. The molecule has 2 aromatic rings. The van der Waals surface area contributed by atoms with Crippen LogP contribution in [0.25, 0.3) is 11.1 Å². The van der Waals surface area contributed by atoms with Crippen molar-refractivity contribution >= 4 is 22.9 Å². The summed E-state index contributed by atoms with van der Waals surface area (Å²) in [6.07, 6.45) is 1.59. The number of nitrogens with one attached hydrogen (secondary N) is 2. The van der Waals surface area contributed by atoms with Crippen molar-refractivity contribution in [2.24, 2.45) is 0 Å². The summed E-state index contributed by atoms with van der Waals surface area (Å²) in [7, 11) is 0. The molecule has 1 aromatic heterocycles. The highest BCUT2D eigenvalue weighted by molar-refractivity contribution is 5.84. The Balaban J connectivity index is 1.78. The lowest BCUT2D eigenvalue weighted by molar-refractivity contribution is -0.126. The van der Waals surface area contributed by atoms with E-state index in [0.717, 1.165) is 11.9 Å². The molecule has 23 heavy (non-hydrogen) atoms. The number of hydrogen-bond donors (Lipinski definition) is 2. The number of aromatic nitrogens is 1. The van der Waals surface area contributed by atoms with Crippen molar-refractivity contribution in [2.45, 2.75) is 32.7 Å². The van der Waals surface area contributed by atoms with Crippen molar-refractivity contribution in [3.63, 3.8) is 0 Å². The fourth-order valence-electron chi connectivity index (χ4n) is 2.22. The van der Waals surface area contributed by atoms with Crippen LogP contribution in [0.2, 0.25) is 0 Å². The summed E-state index contributed by atoms with van der Waals surface area (Å²) in [4.78, 5) is 34.8. The third-order valence-electron chi connectivity index (χ3n) is 3.38. The molecule has 0 aliphatic heterocycles. The molecule has 2 rings (SSSR count). The van der Waals surface area contributed by atoms with Crippen LogP contribution in [-0.2, 0) is 16.1 Å². The van der Waals surface area contributed by atoms with E-state index < -0.39 is 5.76 Å². The summed E-state index contributed by atoms with van der Waals surface area (Å²) in [6.45, 7) is 2.93. The first kappa shape index (κ1) is 16.8. The standard InChI is InChI=1S/C16H21N3O4/c1-2-9-17-15(21)11-18-14(20)8-5-10-19-12-6-3-4-7-13(12)23-16(19)22/h3-4,6-7H,2,5,8-11H2,1H3,(H,17,21)(H,18,20). The highest BCUT2D eigenvalue weighted by atomic mass is 16.4. The number of para-hydroxylation sites is 2. The lowest BCUT2D eigenvalue weighted by atomic mass is 10.2. The van der Waals surface area contributed by atoms with Crippen molar-refractivity contribution in [1.82, 2.24) is 15.2 Å². The van der Waals surface area contributed by atoms with E-state index in [-0.39, 0.29) is 24.8 Å². The van der Waals surface area contributed by atoms with E-state index >= 15 is 0 Å². The number of rotatable bonds is 8. The molecule has 7 nitrogen and oxygen atoms in total. The van der Waals surface area contributed by atoms with Gasteiger partial charge in [-0.15, -0.1) is 0 Å². The average Bonchev–Trinajstić information content (AvgIpc) is 2.87. The van der Waals surface area contributed by atoms with Gasteiger partial charge < -0.3 is 15.1 Å². The van der Waals surface area contributed by atoms with Crippen LogP contribution >= 0.6 is 0 Å². The molecule has 0 saturated carbocycles. The molecule has 0 saturated heterocycles. The molecular weight excluding hydrogens is 298 g/mol. The number of aryl methyl sites for hydroxylation is 1. The summed E-state index contributed by atoms with van der Waals surface area (Å²) < 4.78 is 6.64. The van der Waals surface area contributed by atoms with E-state index in [2.05, 4.69) is 10.6 Å². The maximum Gasteiger partial charge on any atom is 0.419 e. The lowest BCUT2D eigenvalue weighted by Gasteiger charge is -2.06. The monoisotopic (exact) mass is 319 g/mol. The van der Waals surface area contributed by atoms with Crippen LogP contribution in [0.3, 0.4) is 0 Å². The van der Waals surface area contributed by atoms with Crippen LogP contribution in [-0.4, -0.2) is 29.5 Å². The molecule has 0 radical (unpaired) electrons. The van der Waals surface area contributed by atoms with E-state index in [0.29, 0.717) is 25.1 Å². The second-order valence-corrected chi connectivity index (χ2v) is 5.22. The van der Waals surface area contributed by atoms with Crippen molar-refractivity contribution in [3.8, 4) is 0 Å². The number of carbonyl (C=O) groups is 2. The molecule has 0 spiro atoms. The van der Waals surface area contributed by atoms with Gasteiger partial charge in [0.25, 0.3) is 0 Å². The Labute approximate surface area is 133 Å². The molecule has 0 bridgehead atoms. The number of nitrogens with zero attached hydrogens (tertiary/aromatic N) is 1. The van der Waals surface area contributed by atoms with Crippen molar-refractivity contribution < 1.29 is 14.0 Å². The Morgan fingerprint density at radius 3 is 2.74 bits per heavy atom. The second-order valence-electron chi connectivity index (χ2n) is 5.22. The van der Waals surface area contributed by atoms with E-state index in [1.165, 1.54) is 4.57 Å². The quantitative estimate of drug-likeness (QED) is 0.759. The zero-order valence-electron chi connectivity index (χ0n) is 13.1. The van der Waals surface area contributed by atoms with Gasteiger partial charge in [0.1, 0.15) is 0 Å². The van der Waals surface area contributed by atoms with Gasteiger partial charge in [0.2, 0.25) is 11.8 Å². The van der Waals surface area contributed by atoms with Crippen LogP contribution in [0.1, 0.15) is 26.2 Å². The van der Waals surface area contributed by atoms with Gasteiger partial charge in [-0.1, -0.05) is 19.1 Å². The molecule has 124 valence electrons. The molecule has 2 amide bonds. The van der Waals surface area contributed by atoms with Gasteiger partial charge in [0.05, 0.1) is 12.1 Å². The second kappa shape index (κ2) is 8.17. The maximum absolute atomic E-state index is 11.8. The minimum atomic E-state index is -0.425. The summed E-state index contributed by atoms with van der Waals surface area (Å²) in [5.41, 5.74) is 1.26. The summed E-state index contributed by atoms with van der Waals surface area (Å²) >= 11 is 0. The number of carbonyl (C=O) groups excluding carboxylic acids is 2. The van der Waals surface area contributed by atoms with E-state index in [4.69, 9.17) is 4.42 Å². The van der Waals surface area contributed by atoms with Gasteiger partial charge in [0, 0.05) is 19.5 Å². The normalized spacial score (nSPS) is 10.7. The van der Waals surface area contributed by atoms with E-state index in [1.54, 1.807) is 18.2 Å². The van der Waals surface area contributed by atoms with Gasteiger partial charge in [-0.05, 0) is 25.0 Å². The first-order valence-electron chi connectivity index (χ1n) is 7.73. The average molecular weight is 319 g/mol. The van der Waals surface area contributed by atoms with Crippen LogP contribution in [0.4, 0.5) is 0 Å². The first-order valence-corrected chi connectivity index (χ1v) is 7.73. The fourth-order valence-corrected chi connectivity index (χ4v) is 2.22. The third-order valence-corrected chi connectivity index (χ3v) is 3.38. The first-order chi connectivity index (χ1) is 11.1. The van der Waals surface area contributed by atoms with E-state index in [1.807, 2.05) is 13.0 Å². The van der Waals surface area contributed by atoms with Crippen molar-refractivity contribution in [2.75, 3.05) is 13.1 Å². The van der Waals surface area contributed by atoms with E-state index in [9.17, 15) is 14.4 Å². The minimum absolute atomic E-state index is 0.0204. The number of oxazole rings is 1. The van der Waals surface area contributed by atoms with Crippen LogP contribution < -0.4 is 16.4 Å². The lowest BCUT2D eigenvalue weighted by Crippen LogP contribution is -2.37. The molecule has 0 aliphatic carbocycles. The van der Waals surface area contributed by atoms with Gasteiger partial charge >= 0.3 is 5.76 Å². The summed E-state index contributed by atoms with van der Waals surface area (Å²) in [5.74, 6) is -0.833. The van der Waals surface area contributed by atoms with Gasteiger partial charge in [0.15, 0.2) is 5.58 Å². The Hall–Kier alpha value is -2.57. The van der Waals surface area contributed by atoms with Crippen molar-refractivity contribution in [1.29, 1.82) is 0 Å². The highest BCUT2D eigenvalue weighted by Crippen LogP contribution is 2.12. The number of amides is 2. The molecule has 2 N–H and O–H groups in total.